The largest absolute Gasteiger partial charge is 0.480 e. The first kappa shape index (κ1) is 17.4. The van der Waals surface area contributed by atoms with Crippen LogP contribution in [-0.2, 0) is 27.7 Å². The van der Waals surface area contributed by atoms with E-state index in [1.165, 1.54) is 0 Å². The average molecular weight is 353 g/mol. The number of carboxylic acid groups (broad SMARTS) is 1. The molecule has 0 saturated carbocycles. The van der Waals surface area contributed by atoms with E-state index in [1.807, 2.05) is 0 Å². The van der Waals surface area contributed by atoms with Gasteiger partial charge in [-0.3, -0.25) is 9.78 Å². The second-order valence-electron chi connectivity index (χ2n) is 5.84. The fourth-order valence-electron chi connectivity index (χ4n) is 2.73. The van der Waals surface area contributed by atoms with E-state index in [2.05, 4.69) is 4.98 Å². The van der Waals surface area contributed by atoms with Gasteiger partial charge in [0, 0.05) is 11.8 Å². The maximum Gasteiger partial charge on any atom is 0.433 e. The molecule has 25 heavy (non-hydrogen) atoms. The van der Waals surface area contributed by atoms with Crippen LogP contribution < -0.4 is 0 Å². The van der Waals surface area contributed by atoms with Gasteiger partial charge in [-0.25, -0.2) is 0 Å². The van der Waals surface area contributed by atoms with Crippen molar-refractivity contribution in [1.82, 2.24) is 4.98 Å². The number of carbonyl (C=O) groups is 1. The van der Waals surface area contributed by atoms with Gasteiger partial charge < -0.3 is 14.9 Å². The Balaban J connectivity index is 1.96. The summed E-state index contributed by atoms with van der Waals surface area (Å²) in [5.41, 5.74) is -0.619. The molecule has 2 aromatic rings. The summed E-state index contributed by atoms with van der Waals surface area (Å²) in [7, 11) is 0. The zero-order chi connectivity index (χ0) is 18.2. The van der Waals surface area contributed by atoms with Crippen LogP contribution >= 0.6 is 0 Å². The topological polar surface area (TPSA) is 79.7 Å². The van der Waals surface area contributed by atoms with Crippen molar-refractivity contribution in [2.24, 2.45) is 0 Å². The molecule has 0 amide bonds. The highest BCUT2D eigenvalue weighted by atomic mass is 19.4. The summed E-state index contributed by atoms with van der Waals surface area (Å²) in [5.74, 6) is -0.987. The molecular weight excluding hydrogens is 339 g/mol. The predicted octanol–water partition coefficient (Wildman–Crippen LogP) is 2.61. The second kappa shape index (κ2) is 6.12. The first-order valence-corrected chi connectivity index (χ1v) is 7.37. The zero-order valence-corrected chi connectivity index (χ0v) is 12.9. The van der Waals surface area contributed by atoms with Gasteiger partial charge in [-0.15, -0.1) is 0 Å². The third-order valence-electron chi connectivity index (χ3n) is 4.31. The van der Waals surface area contributed by atoms with Gasteiger partial charge in [-0.2, -0.15) is 13.2 Å². The Labute approximate surface area is 140 Å². The van der Waals surface area contributed by atoms with E-state index in [0.717, 1.165) is 12.3 Å². The fourth-order valence-corrected chi connectivity index (χ4v) is 2.73. The van der Waals surface area contributed by atoms with Gasteiger partial charge in [0.15, 0.2) is 0 Å². The Morgan fingerprint density at radius 3 is 2.32 bits per heavy atom. The van der Waals surface area contributed by atoms with E-state index in [1.54, 1.807) is 24.3 Å². The highest BCUT2D eigenvalue weighted by molar-refractivity contribution is 5.83. The number of aliphatic hydroxyl groups excluding tert-OH is 1. The van der Waals surface area contributed by atoms with Crippen LogP contribution in [0.1, 0.15) is 16.8 Å². The number of aliphatic carboxylic acids is 1. The third-order valence-corrected chi connectivity index (χ3v) is 4.31. The molecule has 1 aliphatic heterocycles. The maximum atomic E-state index is 12.7. The Morgan fingerprint density at radius 1 is 1.24 bits per heavy atom. The van der Waals surface area contributed by atoms with Gasteiger partial charge in [0.25, 0.3) is 0 Å². The van der Waals surface area contributed by atoms with Crippen molar-refractivity contribution in [3.05, 3.63) is 53.3 Å². The van der Waals surface area contributed by atoms with E-state index in [4.69, 9.17) is 4.74 Å². The molecule has 1 saturated heterocycles. The van der Waals surface area contributed by atoms with Crippen LogP contribution in [0.5, 0.6) is 0 Å². The van der Waals surface area contributed by atoms with Crippen LogP contribution in [0.15, 0.2) is 36.5 Å². The number of ether oxygens (including phenoxy) is 1. The lowest BCUT2D eigenvalue weighted by molar-refractivity contribution is -0.163. The number of nitrogens with zero attached hydrogens (tertiary/aromatic N) is 1. The summed E-state index contributed by atoms with van der Waals surface area (Å²) in [6.45, 7) is -0.424. The molecule has 8 heteroatoms. The standard InChI is InChI=1S/C17H14F3NO4/c18-17(19,20)14-5-11(7-22)13(6-21-14)10-1-3-12(4-2-10)16(15(23)24)8-25-9-16/h1-6,22H,7-9H2,(H,23,24). The lowest BCUT2D eigenvalue weighted by Crippen LogP contribution is -2.53. The van der Waals surface area contributed by atoms with Gasteiger partial charge in [-0.05, 0) is 22.8 Å². The van der Waals surface area contributed by atoms with Crippen LogP contribution in [0.3, 0.4) is 0 Å². The maximum absolute atomic E-state index is 12.7. The molecule has 0 aliphatic carbocycles. The number of halogens is 3. The molecule has 0 unspecified atom stereocenters. The molecule has 5 nitrogen and oxygen atoms in total. The molecule has 1 aromatic heterocycles. The highest BCUT2D eigenvalue weighted by Crippen LogP contribution is 2.35. The molecular formula is C17H14F3NO4. The minimum Gasteiger partial charge on any atom is -0.480 e. The van der Waals surface area contributed by atoms with E-state index >= 15 is 0 Å². The number of alkyl halides is 3. The molecule has 1 aliphatic rings. The number of rotatable bonds is 4. The van der Waals surface area contributed by atoms with E-state index in [-0.39, 0.29) is 18.8 Å². The van der Waals surface area contributed by atoms with Crippen LogP contribution in [0.25, 0.3) is 11.1 Å². The summed E-state index contributed by atoms with van der Waals surface area (Å²) >= 11 is 0. The smallest absolute Gasteiger partial charge is 0.433 e. The third kappa shape index (κ3) is 2.98. The number of aliphatic hydroxyl groups is 1. The molecule has 132 valence electrons. The average Bonchev–Trinajstić information content (AvgIpc) is 2.52. The first-order chi connectivity index (χ1) is 11.8. The lowest BCUT2D eigenvalue weighted by atomic mass is 9.78. The predicted molar refractivity (Wildman–Crippen MR) is 80.7 cm³/mol. The van der Waals surface area contributed by atoms with Crippen LogP contribution in [0.4, 0.5) is 13.2 Å². The summed E-state index contributed by atoms with van der Waals surface area (Å²) in [4.78, 5) is 14.9. The molecule has 3 rings (SSSR count). The van der Waals surface area contributed by atoms with Crippen LogP contribution in [0.2, 0.25) is 0 Å². The van der Waals surface area contributed by atoms with E-state index in [0.29, 0.717) is 16.7 Å². The summed E-state index contributed by atoms with van der Waals surface area (Å²) in [6.07, 6.45) is -3.53. The number of hydrogen-bond donors (Lipinski definition) is 2. The van der Waals surface area contributed by atoms with Crippen molar-refractivity contribution in [3.8, 4) is 11.1 Å². The van der Waals surface area contributed by atoms with Crippen molar-refractivity contribution >= 4 is 5.97 Å². The molecule has 0 spiro atoms. The van der Waals surface area contributed by atoms with E-state index < -0.39 is 29.9 Å². The van der Waals surface area contributed by atoms with E-state index in [9.17, 15) is 28.2 Å². The minimum atomic E-state index is -4.59. The fraction of sp³-hybridized carbons (Fsp3) is 0.294. The zero-order valence-electron chi connectivity index (χ0n) is 12.9. The second-order valence-corrected chi connectivity index (χ2v) is 5.84. The normalized spacial score (nSPS) is 16.3. The van der Waals surface area contributed by atoms with Gasteiger partial charge in [0.2, 0.25) is 0 Å². The van der Waals surface area contributed by atoms with Crippen molar-refractivity contribution in [3.63, 3.8) is 0 Å². The number of hydrogen-bond acceptors (Lipinski definition) is 4. The lowest BCUT2D eigenvalue weighted by Gasteiger charge is -2.37. The molecule has 2 heterocycles. The first-order valence-electron chi connectivity index (χ1n) is 7.37. The molecule has 1 fully saturated rings. The molecule has 0 radical (unpaired) electrons. The number of benzene rings is 1. The Hall–Kier alpha value is -2.45. The summed E-state index contributed by atoms with van der Waals surface area (Å²) in [6, 6.07) is 7.21. The Morgan fingerprint density at radius 2 is 1.88 bits per heavy atom. The highest BCUT2D eigenvalue weighted by Gasteiger charge is 2.47. The number of carboxylic acids is 1. The van der Waals surface area contributed by atoms with Crippen molar-refractivity contribution in [2.45, 2.75) is 18.2 Å². The van der Waals surface area contributed by atoms with Gasteiger partial charge in [-0.1, -0.05) is 24.3 Å². The summed E-state index contributed by atoms with van der Waals surface area (Å²) in [5, 5.41) is 18.8. The Kier molecular flexibility index (Phi) is 4.26. The number of pyridine rings is 1. The van der Waals surface area contributed by atoms with Crippen molar-refractivity contribution in [2.75, 3.05) is 13.2 Å². The monoisotopic (exact) mass is 353 g/mol. The molecule has 2 N–H and O–H groups in total. The van der Waals surface area contributed by atoms with Crippen LogP contribution in [-0.4, -0.2) is 34.4 Å². The summed E-state index contributed by atoms with van der Waals surface area (Å²) < 4.78 is 43.2. The van der Waals surface area contributed by atoms with Crippen molar-refractivity contribution < 1.29 is 32.9 Å². The molecule has 0 atom stereocenters. The van der Waals surface area contributed by atoms with Gasteiger partial charge >= 0.3 is 12.1 Å². The molecule has 0 bridgehead atoms. The molecule has 1 aromatic carbocycles. The minimum absolute atomic E-state index is 0.0748. The quantitative estimate of drug-likeness (QED) is 0.883. The SMILES string of the molecule is O=C(O)C1(c2ccc(-c3cnc(C(F)(F)F)cc3CO)cc2)COC1. The van der Waals surface area contributed by atoms with Gasteiger partial charge in [0.05, 0.1) is 19.8 Å². The van der Waals surface area contributed by atoms with Gasteiger partial charge in [0.1, 0.15) is 11.1 Å². The Bertz CT molecular complexity index is 799. The number of aromatic nitrogens is 1. The van der Waals surface area contributed by atoms with Crippen LogP contribution in [0, 0.1) is 0 Å². The van der Waals surface area contributed by atoms with Crippen molar-refractivity contribution in [1.29, 1.82) is 0 Å².